The second-order valence-corrected chi connectivity index (χ2v) is 9.97. The van der Waals surface area contributed by atoms with Crippen LogP contribution in [0, 0.1) is 6.92 Å². The number of methoxy groups -OCH3 is 1. The minimum Gasteiger partial charge on any atom is -0.550 e. The monoisotopic (exact) mass is 570 g/mol. The van der Waals surface area contributed by atoms with E-state index in [1.807, 2.05) is 24.5 Å². The number of aliphatic carboxylic acids is 1. The Kier molecular flexibility index (Phi) is 26.1. The van der Waals surface area contributed by atoms with Gasteiger partial charge in [0.25, 0.3) is 0 Å². The molecule has 2 aromatic rings. The molecule has 2 N–H and O–H groups in total. The number of carboxylic acids is 1. The van der Waals surface area contributed by atoms with Gasteiger partial charge in [-0.2, -0.15) is 6.42 Å². The number of esters is 1. The summed E-state index contributed by atoms with van der Waals surface area (Å²) in [5, 5.41) is 10.4. The van der Waals surface area contributed by atoms with Crippen LogP contribution >= 0.6 is 0 Å². The van der Waals surface area contributed by atoms with E-state index in [0.29, 0.717) is 24.9 Å². The number of hydrogen-bond donors (Lipinski definition) is 0. The van der Waals surface area contributed by atoms with Gasteiger partial charge in [0.05, 0.1) is 7.11 Å². The number of carboxylic acid groups (broad SMARTS) is 1. The second-order valence-electron chi connectivity index (χ2n) is 9.97. The second kappa shape index (κ2) is 25.8. The molecule has 2 atom stereocenters. The SMILES string of the molecule is COC(=O)CCCN1CCCC1c1cccnc1.O.O=C([O-])CCCN1CCCC1c1cccnc1.[CH2-]CCC.[Li+].[Li+]. The van der Waals surface area contributed by atoms with Crippen LogP contribution < -0.4 is 42.8 Å². The number of carbonyl (C=O) groups excluding carboxylic acids is 2. The number of aromatic nitrogens is 2. The first-order valence-electron chi connectivity index (χ1n) is 14.3. The molecule has 2 aliphatic rings. The molecule has 2 aromatic heterocycles. The topological polar surface area (TPSA) is 130 Å². The average Bonchev–Trinajstić information content (AvgIpc) is 3.64. The molecule has 4 rings (SSSR count). The number of carbonyl (C=O) groups is 2. The third-order valence-electron chi connectivity index (χ3n) is 7.10. The van der Waals surface area contributed by atoms with E-state index in [0.717, 1.165) is 45.4 Å². The van der Waals surface area contributed by atoms with E-state index >= 15 is 0 Å². The Morgan fingerprint density at radius 3 is 1.74 bits per heavy atom. The van der Waals surface area contributed by atoms with Gasteiger partial charge < -0.3 is 27.0 Å². The van der Waals surface area contributed by atoms with Crippen LogP contribution in [0.4, 0.5) is 0 Å². The average molecular weight is 571 g/mol. The molecule has 11 heteroatoms. The maximum absolute atomic E-state index is 11.1. The van der Waals surface area contributed by atoms with Gasteiger partial charge >= 0.3 is 43.7 Å². The molecule has 0 bridgehead atoms. The number of unbranched alkanes of at least 4 members (excludes halogenated alkanes) is 1. The fourth-order valence-corrected chi connectivity index (χ4v) is 5.04. The Labute approximate surface area is 276 Å². The maximum Gasteiger partial charge on any atom is 1.00 e. The molecule has 0 aromatic carbocycles. The van der Waals surface area contributed by atoms with Crippen molar-refractivity contribution in [2.24, 2.45) is 0 Å². The fraction of sp³-hybridized carbons (Fsp3) is 0.581. The number of rotatable bonds is 11. The number of likely N-dealkylation sites (tertiary alicyclic amines) is 2. The Morgan fingerprint density at radius 2 is 1.38 bits per heavy atom. The summed E-state index contributed by atoms with van der Waals surface area (Å²) in [6.07, 6.45) is 16.6. The zero-order chi connectivity index (χ0) is 28.3. The van der Waals surface area contributed by atoms with Crippen molar-refractivity contribution in [2.75, 3.05) is 33.3 Å². The first kappa shape index (κ1) is 42.4. The molecule has 0 saturated carbocycles. The molecule has 9 nitrogen and oxygen atoms in total. The summed E-state index contributed by atoms with van der Waals surface area (Å²) < 4.78 is 4.66. The van der Waals surface area contributed by atoms with E-state index in [2.05, 4.69) is 50.5 Å². The number of pyridine rings is 2. The van der Waals surface area contributed by atoms with Crippen LogP contribution in [0.2, 0.25) is 0 Å². The van der Waals surface area contributed by atoms with E-state index in [1.165, 1.54) is 43.9 Å². The quantitative estimate of drug-likeness (QED) is 0.168. The van der Waals surface area contributed by atoms with E-state index in [4.69, 9.17) is 0 Å². The van der Waals surface area contributed by atoms with Crippen LogP contribution in [0.5, 0.6) is 0 Å². The van der Waals surface area contributed by atoms with Crippen LogP contribution in [0.1, 0.15) is 94.3 Å². The van der Waals surface area contributed by atoms with Gasteiger partial charge in [0, 0.05) is 49.3 Å². The zero-order valence-electron chi connectivity index (χ0n) is 26.3. The predicted octanol–water partition coefficient (Wildman–Crippen LogP) is -2.28. The Balaban J connectivity index is 0. The van der Waals surface area contributed by atoms with Crippen LogP contribution in [-0.2, 0) is 14.3 Å². The van der Waals surface area contributed by atoms with Gasteiger partial charge in [0.15, 0.2) is 0 Å². The van der Waals surface area contributed by atoms with E-state index in [9.17, 15) is 14.7 Å². The van der Waals surface area contributed by atoms with Gasteiger partial charge in [-0.25, -0.2) is 0 Å². The Hall–Kier alpha value is -1.69. The molecule has 2 unspecified atom stereocenters. The summed E-state index contributed by atoms with van der Waals surface area (Å²) in [6, 6.07) is 9.04. The normalized spacial score (nSPS) is 17.6. The minimum atomic E-state index is -0.956. The van der Waals surface area contributed by atoms with E-state index < -0.39 is 5.97 Å². The summed E-state index contributed by atoms with van der Waals surface area (Å²) >= 11 is 0. The first-order valence-corrected chi connectivity index (χ1v) is 14.3. The predicted molar refractivity (Wildman–Crippen MR) is 155 cm³/mol. The van der Waals surface area contributed by atoms with Crippen molar-refractivity contribution in [2.45, 2.75) is 83.2 Å². The summed E-state index contributed by atoms with van der Waals surface area (Å²) in [7, 11) is 1.44. The number of ether oxygens (including phenoxy) is 1. The van der Waals surface area contributed by atoms with Crippen molar-refractivity contribution in [3.63, 3.8) is 0 Å². The van der Waals surface area contributed by atoms with E-state index in [-0.39, 0.29) is 55.6 Å². The summed E-state index contributed by atoms with van der Waals surface area (Å²) in [5.74, 6) is -1.07. The molecule has 42 heavy (non-hydrogen) atoms. The third-order valence-corrected chi connectivity index (χ3v) is 7.10. The Morgan fingerprint density at radius 1 is 0.929 bits per heavy atom. The van der Waals surface area contributed by atoms with Crippen LogP contribution in [-0.4, -0.2) is 70.5 Å². The summed E-state index contributed by atoms with van der Waals surface area (Å²) in [5.41, 5.74) is 2.52. The molecular formula is C31H48Li2N4O5. The third kappa shape index (κ3) is 16.2. The van der Waals surface area contributed by atoms with Crippen LogP contribution in [0.15, 0.2) is 49.1 Å². The van der Waals surface area contributed by atoms with E-state index in [1.54, 1.807) is 12.4 Å². The van der Waals surface area contributed by atoms with Gasteiger partial charge in [-0.3, -0.25) is 24.6 Å². The smallest absolute Gasteiger partial charge is 0.550 e. The van der Waals surface area contributed by atoms with Crippen LogP contribution in [0.3, 0.4) is 0 Å². The molecule has 2 fully saturated rings. The first-order chi connectivity index (χ1) is 19.0. The molecule has 0 spiro atoms. The van der Waals surface area contributed by atoms with Crippen LogP contribution in [0.25, 0.3) is 0 Å². The van der Waals surface area contributed by atoms with Gasteiger partial charge in [-0.15, -0.1) is 0 Å². The van der Waals surface area contributed by atoms with Gasteiger partial charge in [0.1, 0.15) is 0 Å². The van der Waals surface area contributed by atoms with Gasteiger partial charge in [0.2, 0.25) is 0 Å². The van der Waals surface area contributed by atoms with Crippen molar-refractivity contribution in [3.8, 4) is 0 Å². The molecule has 0 radical (unpaired) electrons. The van der Waals surface area contributed by atoms with Crippen molar-refractivity contribution in [1.29, 1.82) is 0 Å². The molecule has 0 aliphatic carbocycles. The molecule has 2 saturated heterocycles. The minimum absolute atomic E-state index is 0. The van der Waals surface area contributed by atoms with Crippen molar-refractivity contribution in [3.05, 3.63) is 67.1 Å². The van der Waals surface area contributed by atoms with Crippen molar-refractivity contribution < 1.29 is 62.6 Å². The van der Waals surface area contributed by atoms with Crippen molar-refractivity contribution in [1.82, 2.24) is 19.8 Å². The fourth-order valence-electron chi connectivity index (χ4n) is 5.04. The summed E-state index contributed by atoms with van der Waals surface area (Å²) in [6.45, 7) is 9.66. The van der Waals surface area contributed by atoms with Crippen molar-refractivity contribution >= 4 is 11.9 Å². The molecule has 0 amide bonds. The number of nitrogens with zero attached hydrogens (tertiary/aromatic N) is 4. The largest absolute Gasteiger partial charge is 1.00 e. The zero-order valence-corrected chi connectivity index (χ0v) is 26.3. The number of hydrogen-bond acceptors (Lipinski definition) is 8. The maximum atomic E-state index is 11.1. The van der Waals surface area contributed by atoms with Gasteiger partial charge in [-0.05, 0) is 94.4 Å². The summed E-state index contributed by atoms with van der Waals surface area (Å²) in [4.78, 5) is 34.6. The molecular weight excluding hydrogens is 522 g/mol. The molecule has 4 heterocycles. The Bertz CT molecular complexity index is 941. The van der Waals surface area contributed by atoms with Gasteiger partial charge in [-0.1, -0.05) is 25.5 Å². The molecule has 224 valence electrons. The molecule has 2 aliphatic heterocycles. The standard InChI is InChI=1S/C14H20N2O2.C13H18N2O2.C4H9.2Li.H2O/c1-18-14(17)7-4-10-16-9-3-6-13(16)12-5-2-8-15-11-12;16-13(17)6-3-9-15-8-2-5-12(15)11-4-1-7-14-10-11;1-3-4-2;;;/h2,5,8,11,13H,3-4,6-7,9-10H2,1H3;1,4,7,10,12H,2-3,5-6,8-9H2,(H,16,17);1,3-4H2,2H3;;;1H2/q;;-1;2*+1;/p-1.